The number of fused-ring (bicyclic) bond motifs is 1. The minimum Gasteiger partial charge on any atom is -0.493 e. The van der Waals surface area contributed by atoms with Crippen LogP contribution in [-0.4, -0.2) is 33.4 Å². The fourth-order valence-electron chi connectivity index (χ4n) is 4.12. The predicted molar refractivity (Wildman–Crippen MR) is 136 cm³/mol. The van der Waals surface area contributed by atoms with Gasteiger partial charge in [0.25, 0.3) is 0 Å². The van der Waals surface area contributed by atoms with Crippen molar-refractivity contribution in [2.24, 2.45) is 0 Å². The van der Waals surface area contributed by atoms with Gasteiger partial charge in [0.05, 0.1) is 20.3 Å². The number of amides is 1. The SMILES string of the molecule is COc1cc2c(cc1OC)C(CN(C(=O)OCc1ccccc1)c1ccc(C)cc1)NCC2.Cl. The van der Waals surface area contributed by atoms with Crippen LogP contribution in [0.3, 0.4) is 0 Å². The molecule has 180 valence electrons. The van der Waals surface area contributed by atoms with Crippen LogP contribution in [0.2, 0.25) is 0 Å². The van der Waals surface area contributed by atoms with Crippen LogP contribution in [-0.2, 0) is 17.8 Å². The van der Waals surface area contributed by atoms with Crippen LogP contribution in [0, 0.1) is 6.92 Å². The van der Waals surface area contributed by atoms with Crippen LogP contribution >= 0.6 is 12.4 Å². The maximum atomic E-state index is 13.2. The smallest absolute Gasteiger partial charge is 0.414 e. The number of methoxy groups -OCH3 is 2. The van der Waals surface area contributed by atoms with Gasteiger partial charge < -0.3 is 19.5 Å². The third-order valence-corrected chi connectivity index (χ3v) is 5.94. The molecule has 1 unspecified atom stereocenters. The fraction of sp³-hybridized carbons (Fsp3) is 0.296. The van der Waals surface area contributed by atoms with E-state index in [0.717, 1.165) is 41.1 Å². The van der Waals surface area contributed by atoms with Crippen LogP contribution in [0.4, 0.5) is 10.5 Å². The molecular weight excluding hydrogens is 452 g/mol. The highest BCUT2D eigenvalue weighted by molar-refractivity contribution is 5.87. The molecule has 1 atom stereocenters. The number of rotatable bonds is 7. The van der Waals surface area contributed by atoms with Crippen molar-refractivity contribution in [1.82, 2.24) is 5.32 Å². The average Bonchev–Trinajstić information content (AvgIpc) is 2.86. The molecule has 1 aliphatic heterocycles. The van der Waals surface area contributed by atoms with E-state index in [4.69, 9.17) is 14.2 Å². The average molecular weight is 483 g/mol. The van der Waals surface area contributed by atoms with E-state index in [0.29, 0.717) is 12.3 Å². The Kier molecular flexibility index (Phi) is 8.79. The molecule has 1 heterocycles. The van der Waals surface area contributed by atoms with Crippen molar-refractivity contribution in [3.05, 3.63) is 89.0 Å². The van der Waals surface area contributed by atoms with E-state index in [1.807, 2.05) is 73.7 Å². The first kappa shape index (κ1) is 25.4. The second kappa shape index (κ2) is 11.8. The lowest BCUT2D eigenvalue weighted by atomic mass is 9.93. The molecule has 1 amide bonds. The molecule has 0 bridgehead atoms. The minimum atomic E-state index is -0.378. The van der Waals surface area contributed by atoms with Crippen molar-refractivity contribution in [1.29, 1.82) is 0 Å². The Labute approximate surface area is 207 Å². The highest BCUT2D eigenvalue weighted by Crippen LogP contribution is 2.36. The lowest BCUT2D eigenvalue weighted by Crippen LogP contribution is -2.42. The number of benzene rings is 3. The minimum absolute atomic E-state index is 0. The monoisotopic (exact) mass is 482 g/mol. The molecule has 0 aliphatic carbocycles. The summed E-state index contributed by atoms with van der Waals surface area (Å²) in [4.78, 5) is 14.9. The van der Waals surface area contributed by atoms with Crippen molar-refractivity contribution < 1.29 is 19.0 Å². The Hall–Kier alpha value is -3.22. The number of hydrogen-bond acceptors (Lipinski definition) is 5. The van der Waals surface area contributed by atoms with Gasteiger partial charge in [-0.1, -0.05) is 48.0 Å². The Morgan fingerprint density at radius 3 is 2.35 bits per heavy atom. The zero-order valence-corrected chi connectivity index (χ0v) is 20.6. The summed E-state index contributed by atoms with van der Waals surface area (Å²) in [5.74, 6) is 1.40. The fourth-order valence-corrected chi connectivity index (χ4v) is 4.12. The third-order valence-electron chi connectivity index (χ3n) is 5.94. The second-order valence-corrected chi connectivity index (χ2v) is 8.15. The number of anilines is 1. The molecule has 1 aliphatic rings. The number of carbonyl (C=O) groups excluding carboxylic acids is 1. The molecule has 6 nitrogen and oxygen atoms in total. The molecule has 3 aromatic rings. The first-order chi connectivity index (χ1) is 16.1. The van der Waals surface area contributed by atoms with Gasteiger partial charge in [0.15, 0.2) is 11.5 Å². The normalized spacial score (nSPS) is 14.4. The summed E-state index contributed by atoms with van der Waals surface area (Å²) in [6, 6.07) is 21.6. The molecule has 4 rings (SSSR count). The number of hydrogen-bond donors (Lipinski definition) is 1. The van der Waals surface area contributed by atoms with Crippen molar-refractivity contribution in [3.63, 3.8) is 0 Å². The molecule has 0 saturated heterocycles. The van der Waals surface area contributed by atoms with Crippen LogP contribution in [0.15, 0.2) is 66.7 Å². The molecule has 0 saturated carbocycles. The lowest BCUT2D eigenvalue weighted by Gasteiger charge is -2.32. The molecule has 0 spiro atoms. The van der Waals surface area contributed by atoms with Gasteiger partial charge in [-0.25, -0.2) is 4.79 Å². The van der Waals surface area contributed by atoms with E-state index in [-0.39, 0.29) is 31.1 Å². The molecular formula is C27H31ClN2O4. The molecule has 3 aromatic carbocycles. The van der Waals surface area contributed by atoms with Crippen LogP contribution in [0.1, 0.15) is 28.3 Å². The van der Waals surface area contributed by atoms with Gasteiger partial charge in [-0.2, -0.15) is 0 Å². The van der Waals surface area contributed by atoms with E-state index in [9.17, 15) is 4.79 Å². The summed E-state index contributed by atoms with van der Waals surface area (Å²) >= 11 is 0. The van der Waals surface area contributed by atoms with Crippen molar-refractivity contribution in [2.45, 2.75) is 26.0 Å². The molecule has 34 heavy (non-hydrogen) atoms. The van der Waals surface area contributed by atoms with Crippen LogP contribution in [0.5, 0.6) is 11.5 Å². The Morgan fingerprint density at radius 2 is 1.68 bits per heavy atom. The molecule has 0 aromatic heterocycles. The quantitative estimate of drug-likeness (QED) is 0.484. The van der Waals surface area contributed by atoms with Crippen LogP contribution < -0.4 is 19.7 Å². The third kappa shape index (κ3) is 5.82. The zero-order valence-electron chi connectivity index (χ0n) is 19.7. The van der Waals surface area contributed by atoms with Gasteiger partial charge in [-0.3, -0.25) is 4.90 Å². The first-order valence-corrected chi connectivity index (χ1v) is 11.1. The van der Waals surface area contributed by atoms with E-state index < -0.39 is 0 Å². The van der Waals surface area contributed by atoms with Gasteiger partial charge in [-0.05, 0) is 60.8 Å². The van der Waals surface area contributed by atoms with Crippen molar-refractivity contribution >= 4 is 24.2 Å². The molecule has 0 fully saturated rings. The molecule has 7 heteroatoms. The van der Waals surface area contributed by atoms with Gasteiger partial charge in [-0.15, -0.1) is 12.4 Å². The maximum Gasteiger partial charge on any atom is 0.414 e. The zero-order chi connectivity index (χ0) is 23.2. The first-order valence-electron chi connectivity index (χ1n) is 11.1. The molecule has 1 N–H and O–H groups in total. The highest BCUT2D eigenvalue weighted by Gasteiger charge is 2.28. The summed E-state index contributed by atoms with van der Waals surface area (Å²) in [5.41, 5.74) is 5.18. The summed E-state index contributed by atoms with van der Waals surface area (Å²) in [6.07, 6.45) is 0.506. The lowest BCUT2D eigenvalue weighted by molar-refractivity contribution is 0.146. The number of nitrogens with one attached hydrogen (secondary N) is 1. The Bertz CT molecular complexity index is 1090. The standard InChI is InChI=1S/C27H30N2O4.ClH/c1-19-9-11-22(12-10-19)29(27(30)33-18-20-7-5-4-6-8-20)17-24-23-16-26(32-3)25(31-2)15-21(23)13-14-28-24;/h4-12,15-16,24,28H,13-14,17-18H2,1-3H3;1H. The molecule has 0 radical (unpaired) electrons. The predicted octanol–water partition coefficient (Wildman–Crippen LogP) is 5.46. The van der Waals surface area contributed by atoms with E-state index in [1.54, 1.807) is 19.1 Å². The van der Waals surface area contributed by atoms with E-state index >= 15 is 0 Å². The number of aryl methyl sites for hydroxylation is 1. The van der Waals surface area contributed by atoms with Crippen molar-refractivity contribution in [2.75, 3.05) is 32.2 Å². The number of nitrogens with zero attached hydrogens (tertiary/aromatic N) is 1. The number of halogens is 1. The van der Waals surface area contributed by atoms with Crippen LogP contribution in [0.25, 0.3) is 0 Å². The summed E-state index contributed by atoms with van der Waals surface area (Å²) in [6.45, 7) is 3.50. The summed E-state index contributed by atoms with van der Waals surface area (Å²) < 4.78 is 16.7. The number of carbonyl (C=O) groups is 1. The van der Waals surface area contributed by atoms with Gasteiger partial charge in [0, 0.05) is 12.2 Å². The highest BCUT2D eigenvalue weighted by atomic mass is 35.5. The summed E-state index contributed by atoms with van der Waals surface area (Å²) in [7, 11) is 3.28. The topological polar surface area (TPSA) is 60.0 Å². The number of ether oxygens (including phenoxy) is 3. The Balaban J connectivity index is 0.00000324. The van der Waals surface area contributed by atoms with E-state index in [2.05, 4.69) is 5.32 Å². The van der Waals surface area contributed by atoms with E-state index in [1.165, 1.54) is 5.56 Å². The van der Waals surface area contributed by atoms with Gasteiger partial charge >= 0.3 is 6.09 Å². The maximum absolute atomic E-state index is 13.2. The second-order valence-electron chi connectivity index (χ2n) is 8.15. The van der Waals surface area contributed by atoms with Gasteiger partial charge in [0.2, 0.25) is 0 Å². The Morgan fingerprint density at radius 1 is 1.00 bits per heavy atom. The largest absolute Gasteiger partial charge is 0.493 e. The van der Waals surface area contributed by atoms with Gasteiger partial charge in [0.1, 0.15) is 6.61 Å². The van der Waals surface area contributed by atoms with Crippen molar-refractivity contribution in [3.8, 4) is 11.5 Å². The summed E-state index contributed by atoms with van der Waals surface area (Å²) in [5, 5.41) is 3.56.